The van der Waals surface area contributed by atoms with E-state index >= 15 is 0 Å². The Morgan fingerprint density at radius 2 is 1.76 bits per heavy atom. The number of ether oxygens (including phenoxy) is 1. The molecule has 0 fully saturated rings. The van der Waals surface area contributed by atoms with Gasteiger partial charge in [-0.25, -0.2) is 4.21 Å². The Kier molecular flexibility index (Phi) is 5.55. The van der Waals surface area contributed by atoms with Gasteiger partial charge in [0.25, 0.3) is 0 Å². The minimum atomic E-state index is -2.68. The van der Waals surface area contributed by atoms with Crippen molar-refractivity contribution in [2.45, 2.75) is 4.90 Å². The lowest BCUT2D eigenvalue weighted by molar-refractivity contribution is 0.408. The maximum absolute atomic E-state index is 13.6. The van der Waals surface area contributed by atoms with Crippen LogP contribution in [0.1, 0.15) is 0 Å². The van der Waals surface area contributed by atoms with Crippen LogP contribution in [0.2, 0.25) is 0 Å². The van der Waals surface area contributed by atoms with Gasteiger partial charge in [-0.15, -0.1) is 0 Å². The number of rotatable bonds is 5. The van der Waals surface area contributed by atoms with Gasteiger partial charge in [0.15, 0.2) is 0 Å². The second-order valence-electron chi connectivity index (χ2n) is 8.01. The number of aromatic nitrogens is 1. The number of nitrogens with one attached hydrogen (secondary N) is 1. The van der Waals surface area contributed by atoms with Gasteiger partial charge in [0.2, 0.25) is 0 Å². The van der Waals surface area contributed by atoms with Crippen molar-refractivity contribution in [2.75, 3.05) is 18.7 Å². The smallest absolute Gasteiger partial charge is 0.124 e. The first-order chi connectivity index (χ1) is 16.4. The second kappa shape index (κ2) is 8.68. The summed E-state index contributed by atoms with van der Waals surface area (Å²) < 4.78 is 23.4. The van der Waals surface area contributed by atoms with Crippen molar-refractivity contribution in [2.24, 2.45) is 4.36 Å². The average molecular weight is 470 g/mol. The minimum absolute atomic E-state index is 0.0945. The molecule has 1 heterocycles. The first-order valence-electron chi connectivity index (χ1n) is 10.7. The summed E-state index contributed by atoms with van der Waals surface area (Å²) in [6, 6.07) is 26.1. The third kappa shape index (κ3) is 4.38. The zero-order valence-corrected chi connectivity index (χ0v) is 19.5. The normalized spacial score (nSPS) is 12.9. The summed E-state index contributed by atoms with van der Waals surface area (Å²) in [6.07, 6.45) is 3.36. The van der Waals surface area contributed by atoms with E-state index in [1.165, 1.54) is 6.07 Å². The van der Waals surface area contributed by atoms with Gasteiger partial charge in [0.05, 0.1) is 28.0 Å². The summed E-state index contributed by atoms with van der Waals surface area (Å²) in [5.74, 6) is 0.634. The highest BCUT2D eigenvalue weighted by atomic mass is 32.2. The third-order valence-electron chi connectivity index (χ3n) is 5.57. The van der Waals surface area contributed by atoms with Gasteiger partial charge in [0, 0.05) is 52.3 Å². The standard InChI is InChI=1S/C27H23N3O3S/c1-33-23-15-21(14-22(31)17-23)29-27-11-12-28-26-10-8-20(16-25(26)27)30-34(2,32)24-9-7-18-5-3-4-6-19(18)13-24/h3-17,31H,1-2H3,(H,28,29). The van der Waals surface area contributed by atoms with Crippen molar-refractivity contribution in [3.63, 3.8) is 0 Å². The molecule has 170 valence electrons. The lowest BCUT2D eigenvalue weighted by Crippen LogP contribution is -1.97. The van der Waals surface area contributed by atoms with E-state index in [9.17, 15) is 9.32 Å². The molecule has 6 nitrogen and oxygen atoms in total. The number of aromatic hydroxyl groups is 1. The van der Waals surface area contributed by atoms with Gasteiger partial charge in [-0.1, -0.05) is 30.3 Å². The molecule has 0 spiro atoms. The summed E-state index contributed by atoms with van der Waals surface area (Å²) in [7, 11) is -1.13. The van der Waals surface area contributed by atoms with E-state index in [0.717, 1.165) is 27.4 Å². The predicted octanol–water partition coefficient (Wildman–Crippen LogP) is 6.63. The van der Waals surface area contributed by atoms with Crippen LogP contribution in [0.3, 0.4) is 0 Å². The lowest BCUT2D eigenvalue weighted by Gasteiger charge is -2.12. The molecule has 7 heteroatoms. The molecule has 0 saturated heterocycles. The molecule has 1 unspecified atom stereocenters. The molecule has 5 aromatic rings. The van der Waals surface area contributed by atoms with Gasteiger partial charge in [-0.05, 0) is 47.2 Å². The fourth-order valence-corrected chi connectivity index (χ4v) is 5.17. The monoisotopic (exact) mass is 469 g/mol. The quantitative estimate of drug-likeness (QED) is 0.302. The van der Waals surface area contributed by atoms with Gasteiger partial charge >= 0.3 is 0 Å². The summed E-state index contributed by atoms with van der Waals surface area (Å²) in [6.45, 7) is 0. The topological polar surface area (TPSA) is 83.8 Å². The highest BCUT2D eigenvalue weighted by Gasteiger charge is 2.10. The maximum Gasteiger partial charge on any atom is 0.124 e. The van der Waals surface area contributed by atoms with Crippen LogP contribution in [0, 0.1) is 0 Å². The van der Waals surface area contributed by atoms with Gasteiger partial charge < -0.3 is 15.2 Å². The van der Waals surface area contributed by atoms with Gasteiger partial charge in [-0.2, -0.15) is 4.36 Å². The largest absolute Gasteiger partial charge is 0.508 e. The molecule has 34 heavy (non-hydrogen) atoms. The van der Waals surface area contributed by atoms with Crippen molar-refractivity contribution in [3.8, 4) is 11.5 Å². The first-order valence-corrected chi connectivity index (χ1v) is 12.6. The second-order valence-corrected chi connectivity index (χ2v) is 10.3. The molecule has 1 aromatic heterocycles. The number of phenolic OH excluding ortho intramolecular Hbond substituents is 1. The highest BCUT2D eigenvalue weighted by molar-refractivity contribution is 7.93. The molecular formula is C27H23N3O3S. The Balaban J connectivity index is 1.56. The molecule has 0 amide bonds. The Morgan fingerprint density at radius 1 is 0.941 bits per heavy atom. The summed E-state index contributed by atoms with van der Waals surface area (Å²) >= 11 is 0. The zero-order chi connectivity index (χ0) is 23.7. The van der Waals surface area contributed by atoms with Crippen LogP contribution in [0.15, 0.2) is 100 Å². The van der Waals surface area contributed by atoms with E-state index in [1.807, 2.05) is 66.7 Å². The average Bonchev–Trinajstić information content (AvgIpc) is 2.83. The lowest BCUT2D eigenvalue weighted by atomic mass is 10.1. The highest BCUT2D eigenvalue weighted by Crippen LogP contribution is 2.32. The van der Waals surface area contributed by atoms with Crippen LogP contribution in [-0.2, 0) is 9.73 Å². The Bertz CT molecular complexity index is 1660. The van der Waals surface area contributed by atoms with Crippen molar-refractivity contribution in [3.05, 3.63) is 91.1 Å². The van der Waals surface area contributed by atoms with E-state index < -0.39 is 9.73 Å². The molecule has 1 atom stereocenters. The van der Waals surface area contributed by atoms with Crippen LogP contribution in [0.5, 0.6) is 11.5 Å². The molecule has 0 aliphatic heterocycles. The van der Waals surface area contributed by atoms with Gasteiger partial charge in [-0.3, -0.25) is 4.98 Å². The number of hydrogen-bond donors (Lipinski definition) is 2. The Hall–Kier alpha value is -4.10. The van der Waals surface area contributed by atoms with E-state index in [0.29, 0.717) is 22.0 Å². The van der Waals surface area contributed by atoms with Crippen molar-refractivity contribution in [1.82, 2.24) is 4.98 Å². The van der Waals surface area contributed by atoms with E-state index in [4.69, 9.17) is 4.74 Å². The number of benzene rings is 4. The van der Waals surface area contributed by atoms with Crippen LogP contribution in [0.4, 0.5) is 17.1 Å². The number of nitrogens with zero attached hydrogens (tertiary/aromatic N) is 2. The molecule has 2 N–H and O–H groups in total. The Labute approximate surface area is 198 Å². The molecule has 0 radical (unpaired) electrons. The first kappa shape index (κ1) is 21.7. The maximum atomic E-state index is 13.6. The third-order valence-corrected chi connectivity index (χ3v) is 7.26. The van der Waals surface area contributed by atoms with E-state index in [-0.39, 0.29) is 5.75 Å². The number of fused-ring (bicyclic) bond motifs is 2. The molecule has 0 aliphatic carbocycles. The molecule has 0 saturated carbocycles. The summed E-state index contributed by atoms with van der Waals surface area (Å²) in [4.78, 5) is 5.12. The van der Waals surface area contributed by atoms with Crippen molar-refractivity contribution < 1.29 is 14.1 Å². The predicted molar refractivity (Wildman–Crippen MR) is 138 cm³/mol. The van der Waals surface area contributed by atoms with Crippen LogP contribution >= 0.6 is 0 Å². The van der Waals surface area contributed by atoms with Crippen LogP contribution in [-0.4, -0.2) is 27.7 Å². The molecular weight excluding hydrogens is 446 g/mol. The van der Waals surface area contributed by atoms with Crippen LogP contribution in [0.25, 0.3) is 21.7 Å². The van der Waals surface area contributed by atoms with E-state index in [2.05, 4.69) is 14.7 Å². The Morgan fingerprint density at radius 3 is 2.59 bits per heavy atom. The number of anilines is 2. The van der Waals surface area contributed by atoms with E-state index in [1.54, 1.807) is 31.7 Å². The van der Waals surface area contributed by atoms with Crippen molar-refractivity contribution >= 4 is 48.5 Å². The number of methoxy groups -OCH3 is 1. The fraction of sp³-hybridized carbons (Fsp3) is 0.0741. The summed E-state index contributed by atoms with van der Waals surface area (Å²) in [5.41, 5.74) is 2.81. The fourth-order valence-electron chi connectivity index (χ4n) is 3.89. The van der Waals surface area contributed by atoms with Crippen molar-refractivity contribution in [1.29, 1.82) is 0 Å². The summed E-state index contributed by atoms with van der Waals surface area (Å²) in [5, 5.41) is 16.2. The zero-order valence-electron chi connectivity index (χ0n) is 18.7. The molecule has 4 aromatic carbocycles. The molecule has 0 aliphatic rings. The SMILES string of the molecule is COc1cc(O)cc(Nc2ccnc3ccc(N=S(C)(=O)c4ccc5ccccc5c4)cc23)c1. The number of hydrogen-bond acceptors (Lipinski definition) is 6. The number of phenols is 1. The van der Waals surface area contributed by atoms with Gasteiger partial charge in [0.1, 0.15) is 11.5 Å². The molecule has 0 bridgehead atoms. The number of pyridine rings is 1. The minimum Gasteiger partial charge on any atom is -0.508 e. The molecule has 5 rings (SSSR count). The van der Waals surface area contributed by atoms with Crippen LogP contribution < -0.4 is 10.1 Å².